The Balaban J connectivity index is 1.73. The molecule has 0 saturated carbocycles. The predicted octanol–water partition coefficient (Wildman–Crippen LogP) is 3.72. The van der Waals surface area contributed by atoms with Crippen LogP contribution in [0.15, 0.2) is 34.9 Å². The molecule has 1 N–H and O–H groups in total. The average Bonchev–Trinajstić information content (AvgIpc) is 2.83. The number of halogens is 1. The monoisotopic (exact) mass is 317 g/mol. The first-order valence-corrected chi connectivity index (χ1v) is 7.28. The standard InChI is InChI=1S/C15H16BrN3/c1-2-15-17-13-7-8-19(10-14(13)18-15)9-11-3-5-12(16)6-4-11/h3-8H,2,9-10H2,1H3,(H,17,18). The first kappa shape index (κ1) is 12.5. The van der Waals surface area contributed by atoms with E-state index in [0.29, 0.717) is 0 Å². The van der Waals surface area contributed by atoms with E-state index in [2.05, 4.69) is 74.3 Å². The van der Waals surface area contributed by atoms with Gasteiger partial charge < -0.3 is 9.88 Å². The SMILES string of the molecule is CCc1nc2c([nH]1)C=CN(Cc1ccc(Br)cc1)C2. The number of H-pyrrole nitrogens is 1. The summed E-state index contributed by atoms with van der Waals surface area (Å²) in [6.45, 7) is 3.91. The largest absolute Gasteiger partial charge is 0.367 e. The first-order valence-electron chi connectivity index (χ1n) is 6.49. The predicted molar refractivity (Wildman–Crippen MR) is 80.4 cm³/mol. The average molecular weight is 318 g/mol. The Morgan fingerprint density at radius 2 is 2.11 bits per heavy atom. The van der Waals surface area contributed by atoms with Crippen molar-refractivity contribution in [2.24, 2.45) is 0 Å². The molecule has 19 heavy (non-hydrogen) atoms. The van der Waals surface area contributed by atoms with Gasteiger partial charge in [-0.3, -0.25) is 0 Å². The van der Waals surface area contributed by atoms with Gasteiger partial charge in [0.25, 0.3) is 0 Å². The van der Waals surface area contributed by atoms with Crippen molar-refractivity contribution in [2.45, 2.75) is 26.4 Å². The Bertz CT molecular complexity index is 598. The number of benzene rings is 1. The number of fused-ring (bicyclic) bond motifs is 1. The lowest BCUT2D eigenvalue weighted by Crippen LogP contribution is -2.19. The minimum absolute atomic E-state index is 0.873. The van der Waals surface area contributed by atoms with Crippen molar-refractivity contribution in [3.8, 4) is 0 Å². The summed E-state index contributed by atoms with van der Waals surface area (Å²) in [5, 5.41) is 0. The third-order valence-corrected chi connectivity index (χ3v) is 3.83. The van der Waals surface area contributed by atoms with Gasteiger partial charge in [-0.2, -0.15) is 0 Å². The van der Waals surface area contributed by atoms with Gasteiger partial charge in [-0.1, -0.05) is 35.0 Å². The zero-order chi connectivity index (χ0) is 13.2. The van der Waals surface area contributed by atoms with Gasteiger partial charge in [0.15, 0.2) is 0 Å². The fourth-order valence-corrected chi connectivity index (χ4v) is 2.53. The van der Waals surface area contributed by atoms with Crippen LogP contribution in [0.1, 0.15) is 29.7 Å². The zero-order valence-corrected chi connectivity index (χ0v) is 12.4. The minimum Gasteiger partial charge on any atom is -0.367 e. The lowest BCUT2D eigenvalue weighted by Gasteiger charge is -2.22. The van der Waals surface area contributed by atoms with Gasteiger partial charge in [-0.15, -0.1) is 0 Å². The maximum Gasteiger partial charge on any atom is 0.106 e. The molecule has 0 spiro atoms. The fourth-order valence-electron chi connectivity index (χ4n) is 2.26. The van der Waals surface area contributed by atoms with E-state index in [0.717, 1.165) is 41.2 Å². The summed E-state index contributed by atoms with van der Waals surface area (Å²) in [7, 11) is 0. The number of hydrogen-bond donors (Lipinski definition) is 1. The van der Waals surface area contributed by atoms with E-state index in [1.165, 1.54) is 5.56 Å². The smallest absolute Gasteiger partial charge is 0.106 e. The van der Waals surface area contributed by atoms with E-state index in [9.17, 15) is 0 Å². The zero-order valence-electron chi connectivity index (χ0n) is 10.9. The number of nitrogens with zero attached hydrogens (tertiary/aromatic N) is 2. The lowest BCUT2D eigenvalue weighted by atomic mass is 10.2. The second-order valence-corrected chi connectivity index (χ2v) is 5.66. The lowest BCUT2D eigenvalue weighted by molar-refractivity contribution is 0.355. The van der Waals surface area contributed by atoms with Crippen LogP contribution in [0.25, 0.3) is 6.08 Å². The van der Waals surface area contributed by atoms with E-state index in [1.54, 1.807) is 0 Å². The van der Waals surface area contributed by atoms with Crippen molar-refractivity contribution in [1.82, 2.24) is 14.9 Å². The highest BCUT2D eigenvalue weighted by molar-refractivity contribution is 9.10. The van der Waals surface area contributed by atoms with E-state index in [4.69, 9.17) is 0 Å². The topological polar surface area (TPSA) is 31.9 Å². The Kier molecular flexibility index (Phi) is 3.42. The van der Waals surface area contributed by atoms with Crippen LogP contribution in [0.3, 0.4) is 0 Å². The van der Waals surface area contributed by atoms with Crippen LogP contribution in [-0.2, 0) is 19.5 Å². The van der Waals surface area contributed by atoms with E-state index < -0.39 is 0 Å². The van der Waals surface area contributed by atoms with E-state index >= 15 is 0 Å². The number of nitrogens with one attached hydrogen (secondary N) is 1. The number of rotatable bonds is 3. The summed E-state index contributed by atoms with van der Waals surface area (Å²) >= 11 is 3.46. The van der Waals surface area contributed by atoms with Gasteiger partial charge in [-0.25, -0.2) is 4.98 Å². The third-order valence-electron chi connectivity index (χ3n) is 3.30. The molecular formula is C15H16BrN3. The third kappa shape index (κ3) is 2.73. The number of imidazole rings is 1. The molecule has 1 aliphatic rings. The van der Waals surface area contributed by atoms with Gasteiger partial charge in [0.2, 0.25) is 0 Å². The number of aryl methyl sites for hydroxylation is 1. The van der Waals surface area contributed by atoms with Crippen LogP contribution in [-0.4, -0.2) is 14.9 Å². The Morgan fingerprint density at radius 1 is 1.32 bits per heavy atom. The molecule has 3 nitrogen and oxygen atoms in total. The van der Waals surface area contributed by atoms with Crippen molar-refractivity contribution >= 4 is 22.0 Å². The van der Waals surface area contributed by atoms with Gasteiger partial charge in [0, 0.05) is 23.6 Å². The maximum atomic E-state index is 4.62. The van der Waals surface area contributed by atoms with Crippen LogP contribution in [0, 0.1) is 0 Å². The maximum absolute atomic E-state index is 4.62. The molecule has 1 aromatic carbocycles. The molecule has 1 aromatic heterocycles. The summed E-state index contributed by atoms with van der Waals surface area (Å²) in [6.07, 6.45) is 5.21. The van der Waals surface area contributed by atoms with Gasteiger partial charge in [0.1, 0.15) is 5.82 Å². The Hall–Kier alpha value is -1.55. The van der Waals surface area contributed by atoms with Crippen LogP contribution in [0.5, 0.6) is 0 Å². The molecule has 2 aromatic rings. The van der Waals surface area contributed by atoms with Crippen LogP contribution in [0.4, 0.5) is 0 Å². The minimum atomic E-state index is 0.873. The normalized spacial score (nSPS) is 13.7. The molecular weight excluding hydrogens is 302 g/mol. The molecule has 2 heterocycles. The highest BCUT2D eigenvalue weighted by atomic mass is 79.9. The van der Waals surface area contributed by atoms with E-state index in [1.807, 2.05) is 0 Å². The number of hydrogen-bond acceptors (Lipinski definition) is 2. The molecule has 0 saturated heterocycles. The molecule has 1 aliphatic heterocycles. The van der Waals surface area contributed by atoms with Crippen LogP contribution >= 0.6 is 15.9 Å². The second kappa shape index (κ2) is 5.21. The summed E-state index contributed by atoms with van der Waals surface area (Å²) < 4.78 is 1.12. The van der Waals surface area contributed by atoms with E-state index in [-0.39, 0.29) is 0 Å². The summed E-state index contributed by atoms with van der Waals surface area (Å²) in [5.74, 6) is 1.07. The van der Waals surface area contributed by atoms with Gasteiger partial charge in [0.05, 0.1) is 17.9 Å². The quantitative estimate of drug-likeness (QED) is 0.935. The molecule has 0 atom stereocenters. The van der Waals surface area contributed by atoms with Crippen molar-refractivity contribution in [3.63, 3.8) is 0 Å². The highest BCUT2D eigenvalue weighted by Gasteiger charge is 2.14. The molecule has 0 fully saturated rings. The van der Waals surface area contributed by atoms with Crippen LogP contribution in [0.2, 0.25) is 0 Å². The van der Waals surface area contributed by atoms with Crippen molar-refractivity contribution in [3.05, 3.63) is 57.7 Å². The summed E-state index contributed by atoms with van der Waals surface area (Å²) in [5.41, 5.74) is 3.61. The molecule has 4 heteroatoms. The van der Waals surface area contributed by atoms with Gasteiger partial charge >= 0.3 is 0 Å². The molecule has 0 radical (unpaired) electrons. The molecule has 0 amide bonds. The summed E-state index contributed by atoms with van der Waals surface area (Å²) in [6, 6.07) is 8.46. The number of aromatic nitrogens is 2. The van der Waals surface area contributed by atoms with Gasteiger partial charge in [-0.05, 0) is 23.8 Å². The van der Waals surface area contributed by atoms with Crippen molar-refractivity contribution in [2.75, 3.05) is 0 Å². The second-order valence-electron chi connectivity index (χ2n) is 4.74. The molecule has 0 unspecified atom stereocenters. The molecule has 0 aliphatic carbocycles. The highest BCUT2D eigenvalue weighted by Crippen LogP contribution is 2.20. The number of aromatic amines is 1. The summed E-state index contributed by atoms with van der Waals surface area (Å²) in [4.78, 5) is 10.2. The molecule has 0 bridgehead atoms. The molecule has 3 rings (SSSR count). The van der Waals surface area contributed by atoms with Crippen molar-refractivity contribution < 1.29 is 0 Å². The van der Waals surface area contributed by atoms with Crippen LogP contribution < -0.4 is 0 Å². The Labute approximate surface area is 121 Å². The fraction of sp³-hybridized carbons (Fsp3) is 0.267. The van der Waals surface area contributed by atoms with Crippen molar-refractivity contribution in [1.29, 1.82) is 0 Å². The Morgan fingerprint density at radius 3 is 2.84 bits per heavy atom. The first-order chi connectivity index (χ1) is 9.24. The molecule has 98 valence electrons.